The minimum Gasteiger partial charge on any atom is -0.492 e. The van der Waals surface area contributed by atoms with Crippen LogP contribution in [0.2, 0.25) is 0 Å². The van der Waals surface area contributed by atoms with Gasteiger partial charge in [0.25, 0.3) is 5.91 Å². The Morgan fingerprint density at radius 3 is 3.00 bits per heavy atom. The molecule has 6 nitrogen and oxygen atoms in total. The van der Waals surface area contributed by atoms with Gasteiger partial charge in [0.15, 0.2) is 0 Å². The number of H-pyrrole nitrogens is 1. The molecule has 0 saturated carbocycles. The fourth-order valence-corrected chi connectivity index (χ4v) is 3.79. The molecule has 25 heavy (non-hydrogen) atoms. The van der Waals surface area contributed by atoms with E-state index in [1.807, 2.05) is 23.1 Å². The van der Waals surface area contributed by atoms with Gasteiger partial charge in [0.2, 0.25) is 0 Å². The zero-order valence-corrected chi connectivity index (χ0v) is 14.8. The van der Waals surface area contributed by atoms with Gasteiger partial charge >= 0.3 is 0 Å². The number of carbonyl (C=O) groups excluding carboxylic acids is 1. The number of likely N-dealkylation sites (tertiary alicyclic amines) is 1. The third kappa shape index (κ3) is 2.61. The van der Waals surface area contributed by atoms with E-state index >= 15 is 0 Å². The van der Waals surface area contributed by atoms with Gasteiger partial charge in [-0.15, -0.1) is 0 Å². The quantitative estimate of drug-likeness (QED) is 0.932. The Morgan fingerprint density at radius 1 is 1.44 bits per heavy atom. The third-order valence-electron chi connectivity index (χ3n) is 5.24. The number of fused-ring (bicyclic) bond motifs is 1. The van der Waals surface area contributed by atoms with Crippen molar-refractivity contribution in [3.05, 3.63) is 47.5 Å². The summed E-state index contributed by atoms with van der Waals surface area (Å²) in [5.41, 5.74) is 1.64. The van der Waals surface area contributed by atoms with Gasteiger partial charge in [-0.2, -0.15) is 0 Å². The number of imidazole rings is 1. The van der Waals surface area contributed by atoms with Crippen LogP contribution in [0.15, 0.2) is 30.6 Å². The molecule has 2 aliphatic heterocycles. The molecule has 1 fully saturated rings. The van der Waals surface area contributed by atoms with Crippen LogP contribution in [0.25, 0.3) is 0 Å². The van der Waals surface area contributed by atoms with Crippen LogP contribution < -0.4 is 4.74 Å². The first-order valence-electron chi connectivity index (χ1n) is 8.60. The van der Waals surface area contributed by atoms with Crippen molar-refractivity contribution in [3.8, 4) is 5.75 Å². The number of amides is 1. The fourth-order valence-electron chi connectivity index (χ4n) is 3.79. The summed E-state index contributed by atoms with van der Waals surface area (Å²) in [6, 6.07) is 5.72. The van der Waals surface area contributed by atoms with E-state index in [4.69, 9.17) is 9.47 Å². The molecule has 6 heteroatoms. The lowest BCUT2D eigenvalue weighted by atomic mass is 9.86. The second-order valence-electron chi connectivity index (χ2n) is 7.40. The number of nitrogens with zero attached hydrogens (tertiary/aromatic N) is 2. The average Bonchev–Trinajstić information content (AvgIpc) is 3.32. The van der Waals surface area contributed by atoms with Crippen LogP contribution in [-0.4, -0.2) is 47.1 Å². The van der Waals surface area contributed by atoms with Gasteiger partial charge in [0, 0.05) is 43.4 Å². The van der Waals surface area contributed by atoms with Crippen molar-refractivity contribution in [3.63, 3.8) is 0 Å². The van der Waals surface area contributed by atoms with E-state index in [1.165, 1.54) is 0 Å². The topological polar surface area (TPSA) is 67.5 Å². The number of benzene rings is 1. The lowest BCUT2D eigenvalue weighted by Gasteiger charge is -2.24. The van der Waals surface area contributed by atoms with Crippen molar-refractivity contribution in [2.24, 2.45) is 0 Å². The highest BCUT2D eigenvalue weighted by atomic mass is 16.5. The van der Waals surface area contributed by atoms with Gasteiger partial charge in [-0.1, -0.05) is 26.0 Å². The zero-order chi connectivity index (χ0) is 17.6. The highest BCUT2D eigenvalue weighted by molar-refractivity contribution is 5.98. The molecular weight excluding hydrogens is 318 g/mol. The van der Waals surface area contributed by atoms with Crippen LogP contribution >= 0.6 is 0 Å². The van der Waals surface area contributed by atoms with Crippen LogP contribution in [0.3, 0.4) is 0 Å². The largest absolute Gasteiger partial charge is 0.492 e. The molecule has 1 aromatic carbocycles. The molecular formula is C19H23N3O3. The van der Waals surface area contributed by atoms with Crippen molar-refractivity contribution in [2.75, 3.05) is 20.3 Å². The van der Waals surface area contributed by atoms with Crippen molar-refractivity contribution in [1.29, 1.82) is 0 Å². The molecule has 1 N–H and O–H groups in total. The number of methoxy groups -OCH3 is 1. The minimum absolute atomic E-state index is 0.00756. The highest BCUT2D eigenvalue weighted by Gasteiger charge is 2.41. The van der Waals surface area contributed by atoms with Crippen molar-refractivity contribution in [1.82, 2.24) is 14.9 Å². The molecule has 0 spiro atoms. The molecule has 1 aromatic heterocycles. The Balaban J connectivity index is 1.70. The molecule has 0 radical (unpaired) electrons. The van der Waals surface area contributed by atoms with E-state index in [2.05, 4.69) is 23.8 Å². The minimum atomic E-state index is -0.113. The van der Waals surface area contributed by atoms with Crippen molar-refractivity contribution in [2.45, 2.75) is 37.8 Å². The summed E-state index contributed by atoms with van der Waals surface area (Å²) in [5.74, 6) is 1.48. The maximum absolute atomic E-state index is 13.3. The Hall–Kier alpha value is -2.34. The van der Waals surface area contributed by atoms with E-state index in [9.17, 15) is 4.79 Å². The predicted molar refractivity (Wildman–Crippen MR) is 92.7 cm³/mol. The molecule has 1 unspecified atom stereocenters. The molecule has 2 aromatic rings. The number of nitrogens with one attached hydrogen (secondary N) is 1. The Kier molecular flexibility index (Phi) is 3.80. The van der Waals surface area contributed by atoms with Crippen LogP contribution in [0.1, 0.15) is 48.1 Å². The van der Waals surface area contributed by atoms with E-state index in [0.29, 0.717) is 18.7 Å². The second kappa shape index (κ2) is 5.88. The molecule has 1 amide bonds. The summed E-state index contributed by atoms with van der Waals surface area (Å²) < 4.78 is 11.4. The molecule has 2 aliphatic rings. The van der Waals surface area contributed by atoms with E-state index < -0.39 is 0 Å². The van der Waals surface area contributed by atoms with E-state index in [1.54, 1.807) is 19.5 Å². The van der Waals surface area contributed by atoms with Crippen LogP contribution in [0.5, 0.6) is 5.75 Å². The summed E-state index contributed by atoms with van der Waals surface area (Å²) >= 11 is 0. The number of para-hydroxylation sites is 1. The number of aromatic nitrogens is 2. The monoisotopic (exact) mass is 341 g/mol. The average molecular weight is 341 g/mol. The lowest BCUT2D eigenvalue weighted by molar-refractivity contribution is 0.0681. The predicted octanol–water partition coefficient (Wildman–Crippen LogP) is 2.68. The molecule has 4 rings (SSSR count). The number of carbonyl (C=O) groups is 1. The summed E-state index contributed by atoms with van der Waals surface area (Å²) in [4.78, 5) is 22.7. The summed E-state index contributed by atoms with van der Waals surface area (Å²) in [7, 11) is 1.68. The number of ether oxygens (including phenoxy) is 2. The highest BCUT2D eigenvalue weighted by Crippen LogP contribution is 2.42. The first kappa shape index (κ1) is 16.1. The smallest absolute Gasteiger partial charge is 0.258 e. The normalized spacial score (nSPS) is 24.2. The SMILES string of the molecule is CO[C@@H]1CC(c2ncc[nH]2)N(C(=O)c2cccc3c2OCC3(C)C)C1. The van der Waals surface area contributed by atoms with Gasteiger partial charge in [0.1, 0.15) is 11.6 Å². The number of hydrogen-bond donors (Lipinski definition) is 1. The molecule has 0 bridgehead atoms. The molecule has 132 valence electrons. The van der Waals surface area contributed by atoms with Crippen molar-refractivity contribution < 1.29 is 14.3 Å². The number of rotatable bonds is 3. The molecule has 1 saturated heterocycles. The van der Waals surface area contributed by atoms with Gasteiger partial charge in [-0.05, 0) is 6.07 Å². The number of aromatic amines is 1. The lowest BCUT2D eigenvalue weighted by Crippen LogP contribution is -2.32. The molecule has 0 aliphatic carbocycles. The van der Waals surface area contributed by atoms with Crippen LogP contribution in [0.4, 0.5) is 0 Å². The molecule has 3 heterocycles. The third-order valence-corrected chi connectivity index (χ3v) is 5.24. The molecule has 2 atom stereocenters. The fraction of sp³-hybridized carbons (Fsp3) is 0.474. The Morgan fingerprint density at radius 2 is 2.28 bits per heavy atom. The van der Waals surface area contributed by atoms with E-state index in [-0.39, 0.29) is 23.5 Å². The summed E-state index contributed by atoms with van der Waals surface area (Å²) in [5, 5.41) is 0. The second-order valence-corrected chi connectivity index (χ2v) is 7.40. The summed E-state index contributed by atoms with van der Waals surface area (Å²) in [6.45, 7) is 5.41. The van der Waals surface area contributed by atoms with Gasteiger partial charge in [-0.25, -0.2) is 4.98 Å². The van der Waals surface area contributed by atoms with Crippen molar-refractivity contribution >= 4 is 5.91 Å². The van der Waals surface area contributed by atoms with Gasteiger partial charge in [0.05, 0.1) is 24.3 Å². The Bertz CT molecular complexity index is 785. The standard InChI is InChI=1S/C19H23N3O3/c1-19(2)11-25-16-13(5-4-6-14(16)19)18(23)22-10-12(24-3)9-15(22)17-20-7-8-21-17/h4-8,12,15H,9-11H2,1-3H3,(H,20,21)/t12-,15?/m1/s1. The maximum atomic E-state index is 13.3. The van der Waals surface area contributed by atoms with Crippen LogP contribution in [0, 0.1) is 0 Å². The van der Waals surface area contributed by atoms with Gasteiger partial charge in [-0.3, -0.25) is 4.79 Å². The van der Waals surface area contributed by atoms with Crippen LogP contribution in [-0.2, 0) is 10.2 Å². The first-order chi connectivity index (χ1) is 12.0. The first-order valence-corrected chi connectivity index (χ1v) is 8.60. The van der Waals surface area contributed by atoms with E-state index in [0.717, 1.165) is 23.6 Å². The number of hydrogen-bond acceptors (Lipinski definition) is 4. The van der Waals surface area contributed by atoms with Gasteiger partial charge < -0.3 is 19.4 Å². The maximum Gasteiger partial charge on any atom is 0.258 e. The zero-order valence-electron chi connectivity index (χ0n) is 14.8. The summed E-state index contributed by atoms with van der Waals surface area (Å²) in [6.07, 6.45) is 4.23. The Labute approximate surface area is 147 Å².